The van der Waals surface area contributed by atoms with Gasteiger partial charge in [0.1, 0.15) is 12.3 Å². The Kier molecular flexibility index (Phi) is 11.8. The van der Waals surface area contributed by atoms with Crippen LogP contribution in [-0.4, -0.2) is 83.6 Å². The van der Waals surface area contributed by atoms with Crippen molar-refractivity contribution in [2.75, 3.05) is 26.3 Å². The van der Waals surface area contributed by atoms with Gasteiger partial charge in [0.25, 0.3) is 5.60 Å². The van der Waals surface area contributed by atoms with Gasteiger partial charge in [-0.1, -0.05) is 30.6 Å². The monoisotopic (exact) mass is 685 g/mol. The number of esters is 1. The van der Waals surface area contributed by atoms with Crippen molar-refractivity contribution < 1.29 is 44.7 Å². The third kappa shape index (κ3) is 7.12. The van der Waals surface area contributed by atoms with E-state index < -0.39 is 35.1 Å². The highest BCUT2D eigenvalue weighted by Gasteiger charge is 2.87. The summed E-state index contributed by atoms with van der Waals surface area (Å²) in [5, 5.41) is 25.0. The van der Waals surface area contributed by atoms with Crippen LogP contribution < -0.4 is 16.4 Å². The zero-order chi connectivity index (χ0) is 34.8. The standard InChI is InChI=1S/C39H61N3O7/c1-3-41-32-21-27-10-5-4-9-26(27)20-31(32)33(13-8-18-43)48-37(47)39-36(46)30-12-7-6-11-29(30)35(45)38(39,49-39)22-28(23-44)24(2)14-15-25-16-17-42-34(40)19-25/h5,10,25-27,29-34,41-44H,3-4,6-9,11-23,40H2,1-2H3/p+2/t25?,26-,27-,29?,30?,31-,32+,33-,34?,38-,39-/m0/s1. The van der Waals surface area contributed by atoms with Crippen molar-refractivity contribution in [1.82, 2.24) is 0 Å². The molecule has 0 aromatic rings. The summed E-state index contributed by atoms with van der Waals surface area (Å²) >= 11 is 0. The average Bonchev–Trinajstić information content (AvgIpc) is 3.82. The van der Waals surface area contributed by atoms with E-state index in [1.807, 2.05) is 6.92 Å². The number of nitrogens with two attached hydrogens (primary N) is 3. The van der Waals surface area contributed by atoms with Gasteiger partial charge in [-0.25, -0.2) is 4.79 Å². The largest absolute Gasteiger partial charge is 0.459 e. The number of aliphatic hydroxyl groups excluding tert-OH is 2. The molecule has 49 heavy (non-hydrogen) atoms. The number of quaternary nitrogens is 2. The Morgan fingerprint density at radius 2 is 1.90 bits per heavy atom. The van der Waals surface area contributed by atoms with Crippen LogP contribution in [0.25, 0.3) is 0 Å². The van der Waals surface area contributed by atoms with E-state index in [1.54, 1.807) is 0 Å². The van der Waals surface area contributed by atoms with Crippen LogP contribution in [0, 0.1) is 35.5 Å². The maximum atomic E-state index is 14.7. The van der Waals surface area contributed by atoms with E-state index in [4.69, 9.17) is 15.2 Å². The van der Waals surface area contributed by atoms with E-state index in [-0.39, 0.29) is 49.3 Å². The van der Waals surface area contributed by atoms with Gasteiger partial charge in [0.2, 0.25) is 0 Å². The molecule has 10 nitrogen and oxygen atoms in total. The van der Waals surface area contributed by atoms with Crippen molar-refractivity contribution in [2.24, 2.45) is 41.2 Å². The van der Waals surface area contributed by atoms with Gasteiger partial charge >= 0.3 is 5.97 Å². The molecule has 0 aromatic heterocycles. The quantitative estimate of drug-likeness (QED) is 0.0798. The van der Waals surface area contributed by atoms with Crippen molar-refractivity contribution in [2.45, 2.75) is 140 Å². The van der Waals surface area contributed by atoms with E-state index in [9.17, 15) is 24.6 Å². The molecule has 4 aliphatic carbocycles. The summed E-state index contributed by atoms with van der Waals surface area (Å²) in [5.74, 6) is -0.594. The molecule has 0 spiro atoms. The van der Waals surface area contributed by atoms with Crippen molar-refractivity contribution in [3.8, 4) is 0 Å². The summed E-state index contributed by atoms with van der Waals surface area (Å²) in [4.78, 5) is 43.7. The van der Waals surface area contributed by atoms with Gasteiger partial charge in [0, 0.05) is 43.6 Å². The number of aliphatic hydroxyl groups is 2. The molecule has 2 heterocycles. The van der Waals surface area contributed by atoms with Gasteiger partial charge < -0.3 is 30.3 Å². The van der Waals surface area contributed by atoms with E-state index in [0.717, 1.165) is 82.9 Å². The number of carbonyl (C=O) groups is 3. The third-order valence-corrected chi connectivity index (χ3v) is 13.4. The maximum absolute atomic E-state index is 14.7. The Balaban J connectivity index is 1.27. The van der Waals surface area contributed by atoms with Gasteiger partial charge in [-0.15, -0.1) is 0 Å². The zero-order valence-corrected chi connectivity index (χ0v) is 30.0. The van der Waals surface area contributed by atoms with Crippen LogP contribution in [0.15, 0.2) is 23.3 Å². The van der Waals surface area contributed by atoms with E-state index >= 15 is 0 Å². The summed E-state index contributed by atoms with van der Waals surface area (Å²) < 4.78 is 12.9. The molecule has 3 saturated carbocycles. The number of ketones is 2. The van der Waals surface area contributed by atoms with Crippen LogP contribution >= 0.6 is 0 Å². The molecule has 0 aromatic carbocycles. The minimum Gasteiger partial charge on any atom is -0.459 e. The Labute approximate surface area is 292 Å². The molecule has 2 aliphatic heterocycles. The summed E-state index contributed by atoms with van der Waals surface area (Å²) in [6.45, 7) is 5.78. The van der Waals surface area contributed by atoms with Crippen molar-refractivity contribution in [1.29, 1.82) is 0 Å². The Bertz CT molecular complexity index is 1280. The Morgan fingerprint density at radius 3 is 2.61 bits per heavy atom. The molecule has 0 radical (unpaired) electrons. The molecule has 6 rings (SSSR count). The maximum Gasteiger partial charge on any atom is 0.350 e. The van der Waals surface area contributed by atoms with Crippen LogP contribution in [0.5, 0.6) is 0 Å². The highest BCUT2D eigenvalue weighted by atomic mass is 16.7. The highest BCUT2D eigenvalue weighted by molar-refractivity contribution is 6.23. The second kappa shape index (κ2) is 15.7. The molecule has 6 aliphatic rings. The Morgan fingerprint density at radius 1 is 1.12 bits per heavy atom. The fraction of sp³-hybridized carbons (Fsp3) is 0.821. The number of hydrogen-bond acceptors (Lipinski definition) is 8. The number of carbonyl (C=O) groups excluding carboxylic acids is 3. The predicted octanol–water partition coefficient (Wildman–Crippen LogP) is 1.82. The van der Waals surface area contributed by atoms with Crippen molar-refractivity contribution >= 4 is 17.5 Å². The molecule has 0 amide bonds. The smallest absolute Gasteiger partial charge is 0.350 e. The first-order valence-electron chi connectivity index (χ1n) is 19.7. The lowest BCUT2D eigenvalue weighted by atomic mass is 9.60. The topological polar surface area (TPSA) is 173 Å². The molecule has 8 N–H and O–H groups in total. The number of rotatable bonds is 14. The molecule has 0 bridgehead atoms. The molecule has 4 unspecified atom stereocenters. The van der Waals surface area contributed by atoms with Crippen molar-refractivity contribution in [3.05, 3.63) is 23.3 Å². The second-order valence-corrected chi connectivity index (χ2v) is 16.4. The Hall–Kier alpha value is -1.95. The molecular formula is C39H63N3O7+2. The van der Waals surface area contributed by atoms with Crippen LogP contribution in [0.2, 0.25) is 0 Å². The lowest BCUT2D eigenvalue weighted by molar-refractivity contribution is -0.699. The highest BCUT2D eigenvalue weighted by Crippen LogP contribution is 2.62. The van der Waals surface area contributed by atoms with E-state index in [2.05, 4.69) is 29.7 Å². The lowest BCUT2D eigenvalue weighted by Gasteiger charge is -2.43. The van der Waals surface area contributed by atoms with Crippen LogP contribution in [0.3, 0.4) is 0 Å². The zero-order valence-electron chi connectivity index (χ0n) is 30.0. The molecule has 11 atom stereocenters. The van der Waals surface area contributed by atoms with E-state index in [1.165, 1.54) is 0 Å². The lowest BCUT2D eigenvalue weighted by Crippen LogP contribution is -2.94. The number of piperidine rings is 1. The first-order chi connectivity index (χ1) is 23.7. The summed E-state index contributed by atoms with van der Waals surface area (Å²) in [6.07, 6.45) is 16.1. The number of Topliss-reactive ketones (excluding diaryl/α,β-unsaturated/α-hetero) is 2. The van der Waals surface area contributed by atoms with Crippen LogP contribution in [0.1, 0.15) is 110 Å². The number of hydrogen-bond donors (Lipinski definition) is 5. The fourth-order valence-corrected chi connectivity index (χ4v) is 10.6. The van der Waals surface area contributed by atoms with E-state index in [0.29, 0.717) is 49.0 Å². The number of fused-ring (bicyclic) bond motifs is 3. The van der Waals surface area contributed by atoms with Gasteiger partial charge in [-0.3, -0.25) is 15.3 Å². The average molecular weight is 686 g/mol. The fourth-order valence-electron chi connectivity index (χ4n) is 10.6. The third-order valence-electron chi connectivity index (χ3n) is 13.4. The summed E-state index contributed by atoms with van der Waals surface area (Å²) in [7, 11) is 0. The van der Waals surface area contributed by atoms with Crippen LogP contribution in [0.4, 0.5) is 0 Å². The van der Waals surface area contributed by atoms with Crippen LogP contribution in [-0.2, 0) is 23.9 Å². The minimum absolute atomic E-state index is 0.0144. The molecule has 274 valence electrons. The number of epoxide rings is 1. The SMILES string of the molecule is CC[NH2+][C@@H]1C[C@@H]2C=CCC[C@H]2C[C@@H]1[C@H](CCCO)OC(=O)[C@]12O[C@@]1(CC(CO)=C(C)CCC1CC[NH2+]C(N)C1)C(=O)C1CCCCC1C2=O. The number of ether oxygens (including phenoxy) is 2. The normalized spacial score (nSPS) is 39.7. The molecule has 5 fully saturated rings. The second-order valence-electron chi connectivity index (χ2n) is 16.4. The van der Waals surface area contributed by atoms with Gasteiger partial charge in [0.05, 0.1) is 25.7 Å². The molecule has 10 heteroatoms. The summed E-state index contributed by atoms with van der Waals surface area (Å²) in [6, 6.07) is 0.252. The molecular weight excluding hydrogens is 622 g/mol. The van der Waals surface area contributed by atoms with Crippen molar-refractivity contribution in [3.63, 3.8) is 0 Å². The van der Waals surface area contributed by atoms with Gasteiger partial charge in [-0.05, 0) is 101 Å². The van der Waals surface area contributed by atoms with Gasteiger partial charge in [0.15, 0.2) is 17.2 Å². The number of allylic oxidation sites excluding steroid dienone is 3. The predicted molar refractivity (Wildman–Crippen MR) is 184 cm³/mol. The van der Waals surface area contributed by atoms with Gasteiger partial charge in [-0.2, -0.15) is 0 Å². The minimum atomic E-state index is -1.97. The molecule has 2 saturated heterocycles. The first kappa shape index (κ1) is 36.8. The first-order valence-corrected chi connectivity index (χ1v) is 19.7. The summed E-state index contributed by atoms with van der Waals surface area (Å²) in [5.41, 5.74) is 4.25.